The predicted octanol–water partition coefficient (Wildman–Crippen LogP) is 2.02. The molecule has 0 radical (unpaired) electrons. The molecule has 4 aliphatic rings. The molecule has 2 aliphatic carbocycles. The van der Waals surface area contributed by atoms with Crippen LogP contribution in [0.4, 0.5) is 0 Å². The molecule has 4 fully saturated rings. The number of fused-ring (bicyclic) bond motifs is 1. The van der Waals surface area contributed by atoms with Gasteiger partial charge in [0.15, 0.2) is 0 Å². The van der Waals surface area contributed by atoms with Crippen LogP contribution in [0.2, 0.25) is 0 Å². The minimum atomic E-state index is 0.408. The van der Waals surface area contributed by atoms with Gasteiger partial charge in [0.2, 0.25) is 5.91 Å². The van der Waals surface area contributed by atoms with Crippen LogP contribution < -0.4 is 5.32 Å². The van der Waals surface area contributed by atoms with E-state index in [1.165, 1.54) is 58.0 Å². The number of carbonyl (C=O) groups is 1. The van der Waals surface area contributed by atoms with Crippen molar-refractivity contribution in [1.82, 2.24) is 10.2 Å². The minimum Gasteiger partial charge on any atom is -0.342 e. The second kappa shape index (κ2) is 4.47. The van der Waals surface area contributed by atoms with Gasteiger partial charge >= 0.3 is 0 Å². The number of carbonyl (C=O) groups excluding carboxylic acids is 1. The van der Waals surface area contributed by atoms with Gasteiger partial charge in [-0.25, -0.2) is 0 Å². The van der Waals surface area contributed by atoms with E-state index in [9.17, 15) is 4.79 Å². The van der Waals surface area contributed by atoms with E-state index in [1.54, 1.807) is 0 Å². The first-order valence-electron chi connectivity index (χ1n) is 8.28. The Bertz CT molecular complexity index is 361. The summed E-state index contributed by atoms with van der Waals surface area (Å²) in [5, 5.41) is 3.51. The van der Waals surface area contributed by atoms with Crippen LogP contribution in [0.15, 0.2) is 0 Å². The number of nitrogens with one attached hydrogen (secondary N) is 1. The lowest BCUT2D eigenvalue weighted by Crippen LogP contribution is -2.35. The van der Waals surface area contributed by atoms with E-state index < -0.39 is 0 Å². The summed E-state index contributed by atoms with van der Waals surface area (Å²) < 4.78 is 0. The molecule has 2 heterocycles. The standard InChI is InChI=1S/C16H26N2O/c19-15(14-9-16(14)5-1-2-6-16)18-7-3-12-10-17-11-13(12)4-8-18/h12-14,17H,1-11H2/t12-,13+,14?. The summed E-state index contributed by atoms with van der Waals surface area (Å²) in [5.74, 6) is 2.58. The molecule has 2 aliphatic heterocycles. The highest BCUT2D eigenvalue weighted by molar-refractivity contribution is 5.82. The van der Waals surface area contributed by atoms with Gasteiger partial charge in [-0.2, -0.15) is 0 Å². The third kappa shape index (κ3) is 2.01. The number of rotatable bonds is 1. The molecule has 0 aromatic carbocycles. The van der Waals surface area contributed by atoms with Gasteiger partial charge in [0.1, 0.15) is 0 Å². The van der Waals surface area contributed by atoms with Gasteiger partial charge in [-0.3, -0.25) is 4.79 Å². The second-order valence-electron chi connectivity index (χ2n) is 7.41. The van der Waals surface area contributed by atoms with Gasteiger partial charge in [-0.1, -0.05) is 12.8 Å². The van der Waals surface area contributed by atoms with Crippen LogP contribution in [0.1, 0.15) is 44.9 Å². The molecule has 19 heavy (non-hydrogen) atoms. The first-order valence-corrected chi connectivity index (χ1v) is 8.28. The summed E-state index contributed by atoms with van der Waals surface area (Å²) in [6, 6.07) is 0. The topological polar surface area (TPSA) is 32.3 Å². The van der Waals surface area contributed by atoms with Crippen LogP contribution in [-0.2, 0) is 4.79 Å². The molecule has 1 N–H and O–H groups in total. The van der Waals surface area contributed by atoms with E-state index in [2.05, 4.69) is 10.2 Å². The van der Waals surface area contributed by atoms with Crippen molar-refractivity contribution in [1.29, 1.82) is 0 Å². The van der Waals surface area contributed by atoms with Crippen molar-refractivity contribution in [2.45, 2.75) is 44.9 Å². The molecular weight excluding hydrogens is 236 g/mol. The Morgan fingerprint density at radius 1 is 1.05 bits per heavy atom. The van der Waals surface area contributed by atoms with Crippen LogP contribution in [0.3, 0.4) is 0 Å². The Hall–Kier alpha value is -0.570. The van der Waals surface area contributed by atoms with Gasteiger partial charge < -0.3 is 10.2 Å². The summed E-state index contributed by atoms with van der Waals surface area (Å²) in [6.45, 7) is 4.41. The number of amides is 1. The smallest absolute Gasteiger partial charge is 0.226 e. The predicted molar refractivity (Wildman–Crippen MR) is 74.7 cm³/mol. The minimum absolute atomic E-state index is 0.408. The molecule has 3 atom stereocenters. The number of hydrogen-bond acceptors (Lipinski definition) is 2. The number of nitrogens with zero attached hydrogens (tertiary/aromatic N) is 1. The van der Waals surface area contributed by atoms with Crippen molar-refractivity contribution in [3.63, 3.8) is 0 Å². The third-order valence-electron chi connectivity index (χ3n) is 6.42. The zero-order valence-electron chi connectivity index (χ0n) is 11.9. The summed E-state index contributed by atoms with van der Waals surface area (Å²) in [4.78, 5) is 14.9. The van der Waals surface area contributed by atoms with Gasteiger partial charge in [-0.05, 0) is 62.4 Å². The average molecular weight is 262 g/mol. The highest BCUT2D eigenvalue weighted by Gasteiger charge is 2.59. The molecule has 0 aromatic heterocycles. The maximum Gasteiger partial charge on any atom is 0.226 e. The van der Waals surface area contributed by atoms with E-state index in [1.807, 2.05) is 0 Å². The van der Waals surface area contributed by atoms with Gasteiger partial charge in [0, 0.05) is 19.0 Å². The lowest BCUT2D eigenvalue weighted by atomic mass is 9.92. The second-order valence-corrected chi connectivity index (χ2v) is 7.41. The van der Waals surface area contributed by atoms with E-state index in [0.29, 0.717) is 17.2 Å². The van der Waals surface area contributed by atoms with E-state index in [-0.39, 0.29) is 0 Å². The fourth-order valence-corrected chi connectivity index (χ4v) is 4.99. The fraction of sp³-hybridized carbons (Fsp3) is 0.938. The van der Waals surface area contributed by atoms with E-state index >= 15 is 0 Å². The summed E-state index contributed by atoms with van der Waals surface area (Å²) >= 11 is 0. The molecular formula is C16H26N2O. The molecule has 1 amide bonds. The van der Waals surface area contributed by atoms with E-state index in [0.717, 1.165) is 24.9 Å². The van der Waals surface area contributed by atoms with Gasteiger partial charge in [0.25, 0.3) is 0 Å². The van der Waals surface area contributed by atoms with Crippen LogP contribution in [0, 0.1) is 23.2 Å². The Balaban J connectivity index is 1.39. The maximum absolute atomic E-state index is 12.7. The maximum atomic E-state index is 12.7. The molecule has 0 bridgehead atoms. The zero-order chi connectivity index (χ0) is 12.9. The zero-order valence-corrected chi connectivity index (χ0v) is 11.9. The molecule has 2 saturated heterocycles. The van der Waals surface area contributed by atoms with Crippen molar-refractivity contribution in [3.05, 3.63) is 0 Å². The first-order chi connectivity index (χ1) is 9.28. The summed E-state index contributed by atoms with van der Waals surface area (Å²) in [6.07, 6.45) is 9.03. The highest BCUT2D eigenvalue weighted by atomic mass is 16.2. The Morgan fingerprint density at radius 3 is 2.32 bits per heavy atom. The van der Waals surface area contributed by atoms with Crippen molar-refractivity contribution < 1.29 is 4.79 Å². The molecule has 2 saturated carbocycles. The molecule has 1 spiro atoms. The van der Waals surface area contributed by atoms with Crippen molar-refractivity contribution >= 4 is 5.91 Å². The first kappa shape index (κ1) is 12.2. The van der Waals surface area contributed by atoms with Crippen LogP contribution in [0.25, 0.3) is 0 Å². The molecule has 4 rings (SSSR count). The lowest BCUT2D eigenvalue weighted by Gasteiger charge is -2.22. The van der Waals surface area contributed by atoms with E-state index in [4.69, 9.17) is 0 Å². The Kier molecular flexibility index (Phi) is 2.87. The molecule has 0 aromatic rings. The number of likely N-dealkylation sites (tertiary alicyclic amines) is 1. The Morgan fingerprint density at radius 2 is 1.68 bits per heavy atom. The number of hydrogen-bond donors (Lipinski definition) is 1. The van der Waals surface area contributed by atoms with Crippen molar-refractivity contribution in [3.8, 4) is 0 Å². The van der Waals surface area contributed by atoms with Crippen molar-refractivity contribution in [2.24, 2.45) is 23.2 Å². The summed E-state index contributed by atoms with van der Waals surface area (Å²) in [5.41, 5.74) is 0.473. The van der Waals surface area contributed by atoms with Gasteiger partial charge in [0.05, 0.1) is 0 Å². The monoisotopic (exact) mass is 262 g/mol. The third-order valence-corrected chi connectivity index (χ3v) is 6.42. The Labute approximate surface area is 116 Å². The summed E-state index contributed by atoms with van der Waals surface area (Å²) in [7, 11) is 0. The highest BCUT2D eigenvalue weighted by Crippen LogP contribution is 2.63. The van der Waals surface area contributed by atoms with Crippen LogP contribution >= 0.6 is 0 Å². The SMILES string of the molecule is O=C(C1CC12CCCC2)N1CC[C@@H]2CNC[C@@H]2CC1. The molecule has 3 nitrogen and oxygen atoms in total. The van der Waals surface area contributed by atoms with Gasteiger partial charge in [-0.15, -0.1) is 0 Å². The lowest BCUT2D eigenvalue weighted by molar-refractivity contribution is -0.133. The van der Waals surface area contributed by atoms with Crippen LogP contribution in [0.5, 0.6) is 0 Å². The largest absolute Gasteiger partial charge is 0.342 e. The molecule has 106 valence electrons. The average Bonchev–Trinajstić information content (AvgIpc) is 2.74. The fourth-order valence-electron chi connectivity index (χ4n) is 4.99. The van der Waals surface area contributed by atoms with Crippen molar-refractivity contribution in [2.75, 3.05) is 26.2 Å². The quantitative estimate of drug-likeness (QED) is 0.784. The normalized spacial score (nSPS) is 40.2. The molecule has 3 heteroatoms. The molecule has 1 unspecified atom stereocenters. The van der Waals surface area contributed by atoms with Crippen LogP contribution in [-0.4, -0.2) is 37.0 Å².